The van der Waals surface area contributed by atoms with Gasteiger partial charge < -0.3 is 10.1 Å². The molecule has 0 amide bonds. The van der Waals surface area contributed by atoms with Crippen molar-refractivity contribution < 1.29 is 4.74 Å². The van der Waals surface area contributed by atoms with Gasteiger partial charge in [0.2, 0.25) is 0 Å². The summed E-state index contributed by atoms with van der Waals surface area (Å²) in [7, 11) is 0. The highest BCUT2D eigenvalue weighted by molar-refractivity contribution is 5.29. The van der Waals surface area contributed by atoms with Gasteiger partial charge in [0.15, 0.2) is 0 Å². The number of ether oxygens (including phenoxy) is 1. The van der Waals surface area contributed by atoms with Gasteiger partial charge in [0.05, 0.1) is 12.7 Å². The lowest BCUT2D eigenvalue weighted by Gasteiger charge is -2.25. The van der Waals surface area contributed by atoms with E-state index < -0.39 is 0 Å². The fourth-order valence-corrected chi connectivity index (χ4v) is 2.21. The zero-order valence-corrected chi connectivity index (χ0v) is 10.0. The third-order valence-electron chi connectivity index (χ3n) is 3.13. The quantitative estimate of drug-likeness (QED) is 0.840. The molecule has 16 heavy (non-hydrogen) atoms. The van der Waals surface area contributed by atoms with Crippen molar-refractivity contribution in [1.29, 1.82) is 0 Å². The zero-order chi connectivity index (χ0) is 11.2. The first-order chi connectivity index (χ1) is 7.92. The molecule has 1 aliphatic heterocycles. The molecule has 2 heteroatoms. The molecule has 2 nitrogen and oxygen atoms in total. The minimum absolute atomic E-state index is 0.252. The second-order valence-corrected chi connectivity index (χ2v) is 4.37. The van der Waals surface area contributed by atoms with Crippen LogP contribution in [0.25, 0.3) is 0 Å². The second kappa shape index (κ2) is 6.02. The first kappa shape index (κ1) is 11.6. The third-order valence-corrected chi connectivity index (χ3v) is 3.13. The maximum absolute atomic E-state index is 5.82. The largest absolute Gasteiger partial charge is 0.371 e. The van der Waals surface area contributed by atoms with Gasteiger partial charge in [0.1, 0.15) is 0 Å². The highest BCUT2D eigenvalue weighted by atomic mass is 16.5. The molecular weight excluding hydrogens is 198 g/mol. The van der Waals surface area contributed by atoms with Crippen LogP contribution in [0.1, 0.15) is 37.0 Å². The minimum Gasteiger partial charge on any atom is -0.371 e. The number of hydrogen-bond donors (Lipinski definition) is 1. The summed E-state index contributed by atoms with van der Waals surface area (Å²) in [6.07, 6.45) is 3.93. The van der Waals surface area contributed by atoms with Gasteiger partial charge in [-0.05, 0) is 24.0 Å². The molecule has 2 rings (SSSR count). The summed E-state index contributed by atoms with van der Waals surface area (Å²) in [6.45, 7) is 4.99. The Bertz CT molecular complexity index is 318. The molecule has 0 radical (unpaired) electrons. The number of nitrogens with one attached hydrogen (secondary N) is 1. The van der Waals surface area contributed by atoms with Gasteiger partial charge in [0.25, 0.3) is 0 Å². The van der Waals surface area contributed by atoms with Crippen LogP contribution in [-0.2, 0) is 11.2 Å². The van der Waals surface area contributed by atoms with Crippen LogP contribution in [0.15, 0.2) is 24.3 Å². The molecule has 1 atom stereocenters. The molecule has 88 valence electrons. The number of unbranched alkanes of at least 4 members (excludes halogenated alkanes) is 1. The number of rotatable bonds is 4. The van der Waals surface area contributed by atoms with Crippen molar-refractivity contribution in [3.8, 4) is 0 Å². The topological polar surface area (TPSA) is 21.3 Å². The normalized spacial score (nSPS) is 20.9. The molecule has 1 unspecified atom stereocenters. The lowest BCUT2D eigenvalue weighted by Crippen LogP contribution is -2.33. The standard InChI is InChI=1S/C14H21NO/c1-2-3-6-12-7-4-5-8-13(12)14-11-15-9-10-16-14/h4-5,7-8,14-15H,2-3,6,9-11H2,1H3. The Labute approximate surface area is 98.0 Å². The van der Waals surface area contributed by atoms with Crippen LogP contribution in [-0.4, -0.2) is 19.7 Å². The molecule has 1 heterocycles. The summed E-state index contributed by atoms with van der Waals surface area (Å²) >= 11 is 0. The molecular formula is C14H21NO. The molecule has 1 aromatic carbocycles. The summed E-state index contributed by atoms with van der Waals surface area (Å²) in [5.74, 6) is 0. The molecule has 0 spiro atoms. The van der Waals surface area contributed by atoms with Crippen LogP contribution in [0.5, 0.6) is 0 Å². The molecule has 1 saturated heterocycles. The van der Waals surface area contributed by atoms with Gasteiger partial charge in [0, 0.05) is 13.1 Å². The molecule has 1 aromatic rings. The van der Waals surface area contributed by atoms with E-state index in [0.717, 1.165) is 19.7 Å². The molecule has 0 aliphatic carbocycles. The Balaban J connectivity index is 2.11. The van der Waals surface area contributed by atoms with E-state index in [0.29, 0.717) is 0 Å². The van der Waals surface area contributed by atoms with Crippen molar-refractivity contribution in [1.82, 2.24) is 5.32 Å². The van der Waals surface area contributed by atoms with E-state index in [2.05, 4.69) is 36.5 Å². The average molecular weight is 219 g/mol. The second-order valence-electron chi connectivity index (χ2n) is 4.37. The monoisotopic (exact) mass is 219 g/mol. The van der Waals surface area contributed by atoms with Crippen molar-refractivity contribution in [2.45, 2.75) is 32.3 Å². The van der Waals surface area contributed by atoms with E-state index in [1.165, 1.54) is 30.4 Å². The van der Waals surface area contributed by atoms with Gasteiger partial charge in [-0.2, -0.15) is 0 Å². The highest BCUT2D eigenvalue weighted by Crippen LogP contribution is 2.23. The van der Waals surface area contributed by atoms with Crippen molar-refractivity contribution >= 4 is 0 Å². The fourth-order valence-electron chi connectivity index (χ4n) is 2.21. The Kier molecular flexibility index (Phi) is 4.37. The van der Waals surface area contributed by atoms with Crippen LogP contribution < -0.4 is 5.32 Å². The Morgan fingerprint density at radius 1 is 1.38 bits per heavy atom. The first-order valence-electron chi connectivity index (χ1n) is 6.32. The van der Waals surface area contributed by atoms with Crippen molar-refractivity contribution in [3.05, 3.63) is 35.4 Å². The number of morpholine rings is 1. The summed E-state index contributed by atoms with van der Waals surface area (Å²) in [5, 5.41) is 3.39. The Morgan fingerprint density at radius 2 is 2.25 bits per heavy atom. The first-order valence-corrected chi connectivity index (χ1v) is 6.32. The Morgan fingerprint density at radius 3 is 3.00 bits per heavy atom. The molecule has 1 aliphatic rings. The van der Waals surface area contributed by atoms with E-state index in [4.69, 9.17) is 4.74 Å². The van der Waals surface area contributed by atoms with Gasteiger partial charge in [-0.25, -0.2) is 0 Å². The van der Waals surface area contributed by atoms with Crippen LogP contribution >= 0.6 is 0 Å². The SMILES string of the molecule is CCCCc1ccccc1C1CNCCO1. The maximum Gasteiger partial charge on any atom is 0.0952 e. The number of aryl methyl sites for hydroxylation is 1. The molecule has 1 N–H and O–H groups in total. The minimum atomic E-state index is 0.252. The van der Waals surface area contributed by atoms with Crippen molar-refractivity contribution in [2.75, 3.05) is 19.7 Å². The summed E-state index contributed by atoms with van der Waals surface area (Å²) in [4.78, 5) is 0. The van der Waals surface area contributed by atoms with Crippen LogP contribution in [0.2, 0.25) is 0 Å². The third kappa shape index (κ3) is 2.83. The lowest BCUT2D eigenvalue weighted by molar-refractivity contribution is 0.0271. The Hall–Kier alpha value is -0.860. The number of benzene rings is 1. The number of hydrogen-bond acceptors (Lipinski definition) is 2. The van der Waals surface area contributed by atoms with Crippen molar-refractivity contribution in [3.63, 3.8) is 0 Å². The summed E-state index contributed by atoms with van der Waals surface area (Å²) in [6, 6.07) is 8.69. The van der Waals surface area contributed by atoms with E-state index in [9.17, 15) is 0 Å². The van der Waals surface area contributed by atoms with Crippen LogP contribution in [0.3, 0.4) is 0 Å². The predicted molar refractivity (Wildman–Crippen MR) is 66.6 cm³/mol. The van der Waals surface area contributed by atoms with Crippen LogP contribution in [0, 0.1) is 0 Å². The highest BCUT2D eigenvalue weighted by Gasteiger charge is 2.17. The van der Waals surface area contributed by atoms with Crippen molar-refractivity contribution in [2.24, 2.45) is 0 Å². The van der Waals surface area contributed by atoms with Crippen LogP contribution in [0.4, 0.5) is 0 Å². The smallest absolute Gasteiger partial charge is 0.0952 e. The van der Waals surface area contributed by atoms with E-state index in [1.807, 2.05) is 0 Å². The maximum atomic E-state index is 5.82. The fraction of sp³-hybridized carbons (Fsp3) is 0.571. The summed E-state index contributed by atoms with van der Waals surface area (Å²) in [5.41, 5.74) is 2.83. The van der Waals surface area contributed by atoms with E-state index in [-0.39, 0.29) is 6.10 Å². The average Bonchev–Trinajstić information content (AvgIpc) is 2.38. The predicted octanol–water partition coefficient (Wildman–Crippen LogP) is 2.69. The van der Waals surface area contributed by atoms with Gasteiger partial charge in [-0.1, -0.05) is 37.6 Å². The molecule has 0 saturated carbocycles. The van der Waals surface area contributed by atoms with Gasteiger partial charge >= 0.3 is 0 Å². The van der Waals surface area contributed by atoms with Gasteiger partial charge in [-0.3, -0.25) is 0 Å². The lowest BCUT2D eigenvalue weighted by atomic mass is 9.97. The van der Waals surface area contributed by atoms with E-state index in [1.54, 1.807) is 0 Å². The molecule has 1 fully saturated rings. The van der Waals surface area contributed by atoms with E-state index >= 15 is 0 Å². The molecule has 0 aromatic heterocycles. The molecule has 0 bridgehead atoms. The summed E-state index contributed by atoms with van der Waals surface area (Å²) < 4.78 is 5.82. The zero-order valence-electron chi connectivity index (χ0n) is 10.0. The van der Waals surface area contributed by atoms with Gasteiger partial charge in [-0.15, -0.1) is 0 Å².